The van der Waals surface area contributed by atoms with E-state index in [1.54, 1.807) is 60.9 Å². The minimum Gasteiger partial charge on any atom is -0.507 e. The van der Waals surface area contributed by atoms with Gasteiger partial charge in [-0.05, 0) is 54.1 Å². The van der Waals surface area contributed by atoms with E-state index >= 15 is 0 Å². The number of rotatable bonds is 3. The van der Waals surface area contributed by atoms with Gasteiger partial charge in [-0.15, -0.1) is 0 Å². The van der Waals surface area contributed by atoms with Crippen LogP contribution in [0.4, 0.5) is 5.13 Å². The summed E-state index contributed by atoms with van der Waals surface area (Å²) in [7, 11) is 0. The first-order valence-corrected chi connectivity index (χ1v) is 11.9. The number of aliphatic hydroxyl groups excluding tert-OH is 1. The van der Waals surface area contributed by atoms with Crippen molar-refractivity contribution in [1.82, 2.24) is 9.97 Å². The van der Waals surface area contributed by atoms with E-state index in [0.29, 0.717) is 51.5 Å². The van der Waals surface area contributed by atoms with Gasteiger partial charge in [0.15, 0.2) is 16.6 Å². The lowest BCUT2D eigenvalue weighted by atomic mass is 9.96. The second-order valence-electron chi connectivity index (χ2n) is 7.92. The number of amides is 1. The highest BCUT2D eigenvalue weighted by atomic mass is 35.5. The van der Waals surface area contributed by atoms with Crippen molar-refractivity contribution in [3.05, 3.63) is 82.6 Å². The molecule has 2 aromatic carbocycles. The molecule has 6 rings (SSSR count). The molecule has 4 heterocycles. The molecule has 0 bridgehead atoms. The van der Waals surface area contributed by atoms with E-state index in [9.17, 15) is 14.7 Å². The standard InChI is InChI=1S/C25H16ClN3O5S/c26-15-2-3-16-19(12-15)35-25(28-16)29-21(13-5-7-27-8-6-13)20(23(31)24(29)32)22(30)14-1-4-17-18(11-14)34-10-9-33-17/h1-8,11-12,21,30H,9-10H2/b22-20+. The lowest BCUT2D eigenvalue weighted by Crippen LogP contribution is -2.29. The quantitative estimate of drug-likeness (QED) is 0.244. The average Bonchev–Trinajstić information content (AvgIpc) is 3.41. The zero-order valence-corrected chi connectivity index (χ0v) is 19.5. The smallest absolute Gasteiger partial charge is 0.301 e. The highest BCUT2D eigenvalue weighted by Crippen LogP contribution is 2.45. The summed E-state index contributed by atoms with van der Waals surface area (Å²) in [6.07, 6.45) is 3.13. The SMILES string of the molecule is O=C1C(=O)N(c2nc3ccc(Cl)cc3s2)C(c2ccncc2)/C1=C(\O)c1ccc2c(c1)OCCO2. The van der Waals surface area contributed by atoms with Crippen LogP contribution in [0.25, 0.3) is 16.0 Å². The van der Waals surface area contributed by atoms with Gasteiger partial charge in [0.05, 0.1) is 21.8 Å². The van der Waals surface area contributed by atoms with E-state index in [0.717, 1.165) is 4.70 Å². The number of benzene rings is 2. The monoisotopic (exact) mass is 505 g/mol. The van der Waals surface area contributed by atoms with Crippen LogP contribution in [-0.2, 0) is 9.59 Å². The first-order chi connectivity index (χ1) is 17.0. The normalized spacial score (nSPS) is 18.9. The molecule has 1 amide bonds. The Morgan fingerprint density at radius 3 is 2.60 bits per heavy atom. The first-order valence-electron chi connectivity index (χ1n) is 10.7. The Hall–Kier alpha value is -3.95. The van der Waals surface area contributed by atoms with Crippen LogP contribution in [0.15, 0.2) is 66.5 Å². The fourth-order valence-corrected chi connectivity index (χ4v) is 5.49. The van der Waals surface area contributed by atoms with Gasteiger partial charge < -0.3 is 14.6 Å². The molecule has 0 spiro atoms. The van der Waals surface area contributed by atoms with E-state index in [2.05, 4.69) is 9.97 Å². The average molecular weight is 506 g/mol. The summed E-state index contributed by atoms with van der Waals surface area (Å²) in [4.78, 5) is 36.6. The molecule has 1 fully saturated rings. The topological polar surface area (TPSA) is 102 Å². The number of nitrogens with zero attached hydrogens (tertiary/aromatic N) is 3. The van der Waals surface area contributed by atoms with Crippen molar-refractivity contribution in [1.29, 1.82) is 0 Å². The van der Waals surface area contributed by atoms with Gasteiger partial charge in [-0.3, -0.25) is 19.5 Å². The van der Waals surface area contributed by atoms with Crippen molar-refractivity contribution >= 4 is 55.7 Å². The number of Topliss-reactive ketones (excluding diaryl/α,β-unsaturated/α-hetero) is 1. The second-order valence-corrected chi connectivity index (χ2v) is 9.36. The lowest BCUT2D eigenvalue weighted by molar-refractivity contribution is -0.132. The fraction of sp³-hybridized carbons (Fsp3) is 0.120. The molecule has 1 atom stereocenters. The van der Waals surface area contributed by atoms with Crippen molar-refractivity contribution in [3.8, 4) is 11.5 Å². The Morgan fingerprint density at radius 1 is 1.03 bits per heavy atom. The molecule has 2 aromatic heterocycles. The van der Waals surface area contributed by atoms with Crippen LogP contribution >= 0.6 is 22.9 Å². The number of thiazole rings is 1. The van der Waals surface area contributed by atoms with Gasteiger partial charge in [0.1, 0.15) is 19.0 Å². The van der Waals surface area contributed by atoms with E-state index in [1.807, 2.05) is 0 Å². The molecule has 10 heteroatoms. The molecule has 2 aliphatic rings. The highest BCUT2D eigenvalue weighted by molar-refractivity contribution is 7.22. The number of anilines is 1. The zero-order valence-electron chi connectivity index (χ0n) is 18.0. The van der Waals surface area contributed by atoms with Gasteiger partial charge in [-0.1, -0.05) is 22.9 Å². The van der Waals surface area contributed by atoms with Crippen LogP contribution in [0.3, 0.4) is 0 Å². The Morgan fingerprint density at radius 2 is 1.80 bits per heavy atom. The summed E-state index contributed by atoms with van der Waals surface area (Å²) < 4.78 is 11.9. The molecule has 35 heavy (non-hydrogen) atoms. The summed E-state index contributed by atoms with van der Waals surface area (Å²) in [5.41, 5.74) is 1.55. The molecule has 174 valence electrons. The third-order valence-electron chi connectivity index (χ3n) is 5.83. The molecule has 2 aliphatic heterocycles. The minimum atomic E-state index is -0.901. The molecule has 1 saturated heterocycles. The largest absolute Gasteiger partial charge is 0.507 e. The molecule has 0 radical (unpaired) electrons. The number of carbonyl (C=O) groups excluding carboxylic acids is 2. The number of halogens is 1. The van der Waals surface area contributed by atoms with Gasteiger partial charge in [-0.2, -0.15) is 0 Å². The van der Waals surface area contributed by atoms with Gasteiger partial charge in [-0.25, -0.2) is 4.98 Å². The third-order valence-corrected chi connectivity index (χ3v) is 7.08. The van der Waals surface area contributed by atoms with Crippen LogP contribution in [0.1, 0.15) is 17.2 Å². The number of ketones is 1. The number of hydrogen-bond donors (Lipinski definition) is 1. The molecular weight excluding hydrogens is 490 g/mol. The van der Waals surface area contributed by atoms with Gasteiger partial charge >= 0.3 is 5.91 Å². The van der Waals surface area contributed by atoms with Crippen LogP contribution in [0.2, 0.25) is 5.02 Å². The molecule has 8 nitrogen and oxygen atoms in total. The van der Waals surface area contributed by atoms with Crippen molar-refractivity contribution in [3.63, 3.8) is 0 Å². The number of ether oxygens (including phenoxy) is 2. The van der Waals surface area contributed by atoms with Crippen molar-refractivity contribution in [2.75, 3.05) is 18.1 Å². The predicted octanol–water partition coefficient (Wildman–Crippen LogP) is 4.74. The second kappa shape index (κ2) is 8.37. The van der Waals surface area contributed by atoms with Crippen molar-refractivity contribution in [2.24, 2.45) is 0 Å². The maximum absolute atomic E-state index is 13.3. The predicted molar refractivity (Wildman–Crippen MR) is 131 cm³/mol. The summed E-state index contributed by atoms with van der Waals surface area (Å²) >= 11 is 7.37. The Bertz CT molecular complexity index is 1530. The van der Waals surface area contributed by atoms with Crippen LogP contribution in [-0.4, -0.2) is 40.0 Å². The minimum absolute atomic E-state index is 0.0461. The Balaban J connectivity index is 1.53. The molecule has 1 unspecified atom stereocenters. The van der Waals surface area contributed by atoms with E-state index < -0.39 is 17.7 Å². The molecule has 0 saturated carbocycles. The summed E-state index contributed by atoms with van der Waals surface area (Å²) in [6, 6.07) is 12.6. The van der Waals surface area contributed by atoms with Crippen LogP contribution in [0.5, 0.6) is 11.5 Å². The highest BCUT2D eigenvalue weighted by Gasteiger charge is 2.48. The van der Waals surface area contributed by atoms with Gasteiger partial charge in [0.2, 0.25) is 0 Å². The Labute approximate surface area is 208 Å². The number of aliphatic hydroxyl groups is 1. The fourth-order valence-electron chi connectivity index (χ4n) is 4.23. The number of pyridine rings is 1. The Kier molecular flexibility index (Phi) is 5.16. The maximum atomic E-state index is 13.3. The van der Waals surface area contributed by atoms with E-state index in [-0.39, 0.29) is 11.3 Å². The first kappa shape index (κ1) is 21.6. The summed E-state index contributed by atoms with van der Waals surface area (Å²) in [6.45, 7) is 0.805. The van der Waals surface area contributed by atoms with Crippen LogP contribution in [0, 0.1) is 0 Å². The van der Waals surface area contributed by atoms with Crippen LogP contribution < -0.4 is 14.4 Å². The summed E-state index contributed by atoms with van der Waals surface area (Å²) in [5, 5.41) is 12.2. The lowest BCUT2D eigenvalue weighted by Gasteiger charge is -2.23. The van der Waals surface area contributed by atoms with E-state index in [4.69, 9.17) is 21.1 Å². The molecular formula is C25H16ClN3O5S. The molecule has 4 aromatic rings. The van der Waals surface area contributed by atoms with Crippen molar-refractivity contribution < 1.29 is 24.2 Å². The molecule has 0 aliphatic carbocycles. The number of fused-ring (bicyclic) bond motifs is 2. The van der Waals surface area contributed by atoms with Gasteiger partial charge in [0, 0.05) is 23.0 Å². The molecule has 1 N–H and O–H groups in total. The summed E-state index contributed by atoms with van der Waals surface area (Å²) in [5.74, 6) is -0.897. The van der Waals surface area contributed by atoms with E-state index in [1.165, 1.54) is 16.2 Å². The maximum Gasteiger partial charge on any atom is 0.301 e. The zero-order chi connectivity index (χ0) is 24.1. The number of hydrogen-bond acceptors (Lipinski definition) is 8. The third kappa shape index (κ3) is 3.60. The number of carbonyl (C=O) groups is 2. The van der Waals surface area contributed by atoms with Gasteiger partial charge in [0.25, 0.3) is 5.78 Å². The number of aromatic nitrogens is 2. The van der Waals surface area contributed by atoms with Crippen molar-refractivity contribution in [2.45, 2.75) is 6.04 Å².